The van der Waals surface area contributed by atoms with Crippen LogP contribution in [0, 0.1) is 0 Å². The molecular weight excluding hydrogens is 246 g/mol. The van der Waals surface area contributed by atoms with E-state index in [0.29, 0.717) is 18.0 Å². The van der Waals surface area contributed by atoms with Gasteiger partial charge in [-0.2, -0.15) is 0 Å². The Morgan fingerprint density at radius 2 is 2.11 bits per heavy atom. The number of rotatable bonds is 3. The number of aromatic carboxylic acids is 1. The minimum atomic E-state index is -1.02. The molecule has 1 N–H and O–H groups in total. The minimum Gasteiger partial charge on any atom is -0.478 e. The molecule has 0 spiro atoms. The van der Waals surface area contributed by atoms with Crippen molar-refractivity contribution in [3.05, 3.63) is 23.8 Å². The lowest BCUT2D eigenvalue weighted by atomic mass is 10.0. The number of ether oxygens (including phenoxy) is 1. The van der Waals surface area contributed by atoms with Gasteiger partial charge in [-0.1, -0.05) is 6.92 Å². The standard InChI is InChI=1S/C14H17NO4/c1-4-7-15-10-8-9(12(16)17)5-6-11(10)19-14(2,3)13(15)18/h5-6,8H,4,7H2,1-3H3,(H,16,17). The van der Waals surface area contributed by atoms with Crippen molar-refractivity contribution in [1.29, 1.82) is 0 Å². The van der Waals surface area contributed by atoms with Crippen molar-refractivity contribution in [2.24, 2.45) is 0 Å². The van der Waals surface area contributed by atoms with Crippen LogP contribution in [0.25, 0.3) is 0 Å². The third-order valence-electron chi connectivity index (χ3n) is 3.07. The van der Waals surface area contributed by atoms with Gasteiger partial charge in [0, 0.05) is 6.54 Å². The van der Waals surface area contributed by atoms with E-state index in [1.807, 2.05) is 6.92 Å². The van der Waals surface area contributed by atoms with E-state index in [0.717, 1.165) is 6.42 Å². The smallest absolute Gasteiger partial charge is 0.335 e. The predicted octanol–water partition coefficient (Wildman–Crippen LogP) is 2.30. The van der Waals surface area contributed by atoms with Gasteiger partial charge in [-0.15, -0.1) is 0 Å². The summed E-state index contributed by atoms with van der Waals surface area (Å²) in [5, 5.41) is 9.03. The molecule has 0 bridgehead atoms. The van der Waals surface area contributed by atoms with Gasteiger partial charge < -0.3 is 14.7 Å². The van der Waals surface area contributed by atoms with Crippen LogP contribution in [0.1, 0.15) is 37.6 Å². The fraction of sp³-hybridized carbons (Fsp3) is 0.429. The number of benzene rings is 1. The second kappa shape index (κ2) is 4.57. The number of hydrogen-bond acceptors (Lipinski definition) is 3. The number of carboxylic acids is 1. The van der Waals surface area contributed by atoms with Crippen molar-refractivity contribution >= 4 is 17.6 Å². The summed E-state index contributed by atoms with van der Waals surface area (Å²) in [5.74, 6) is -0.621. The van der Waals surface area contributed by atoms with Gasteiger partial charge in [-0.3, -0.25) is 4.79 Å². The van der Waals surface area contributed by atoms with Crippen LogP contribution in [-0.2, 0) is 4.79 Å². The van der Waals surface area contributed by atoms with Gasteiger partial charge in [0.15, 0.2) is 5.60 Å². The van der Waals surface area contributed by atoms with Gasteiger partial charge in [-0.25, -0.2) is 4.79 Å². The molecule has 102 valence electrons. The number of amides is 1. The first kappa shape index (κ1) is 13.4. The molecule has 1 aromatic carbocycles. The lowest BCUT2D eigenvalue weighted by Crippen LogP contribution is -2.52. The van der Waals surface area contributed by atoms with Gasteiger partial charge in [0.1, 0.15) is 5.75 Å². The predicted molar refractivity (Wildman–Crippen MR) is 70.8 cm³/mol. The Morgan fingerprint density at radius 3 is 2.68 bits per heavy atom. The molecular formula is C14H17NO4. The van der Waals surface area contributed by atoms with Crippen molar-refractivity contribution in [3.63, 3.8) is 0 Å². The molecule has 0 saturated heterocycles. The van der Waals surface area contributed by atoms with Gasteiger partial charge >= 0.3 is 5.97 Å². The highest BCUT2D eigenvalue weighted by Gasteiger charge is 2.40. The highest BCUT2D eigenvalue weighted by atomic mass is 16.5. The number of nitrogens with zero attached hydrogens (tertiary/aromatic N) is 1. The average Bonchev–Trinajstić information content (AvgIpc) is 2.34. The van der Waals surface area contributed by atoms with Crippen LogP contribution >= 0.6 is 0 Å². The Kier molecular flexibility index (Phi) is 3.22. The Hall–Kier alpha value is -2.04. The minimum absolute atomic E-state index is 0.149. The molecule has 2 rings (SSSR count). The highest BCUT2D eigenvalue weighted by molar-refractivity contribution is 6.03. The van der Waals surface area contributed by atoms with E-state index in [1.54, 1.807) is 24.8 Å². The Morgan fingerprint density at radius 1 is 1.42 bits per heavy atom. The Balaban J connectivity index is 2.53. The molecule has 5 heteroatoms. The summed E-state index contributed by atoms with van der Waals surface area (Å²) in [4.78, 5) is 25.0. The van der Waals surface area contributed by atoms with E-state index in [1.165, 1.54) is 12.1 Å². The van der Waals surface area contributed by atoms with E-state index < -0.39 is 11.6 Å². The van der Waals surface area contributed by atoms with Crippen LogP contribution in [0.3, 0.4) is 0 Å². The fourth-order valence-corrected chi connectivity index (χ4v) is 2.15. The Labute approximate surface area is 111 Å². The summed E-state index contributed by atoms with van der Waals surface area (Å²) in [6.45, 7) is 5.94. The first-order chi connectivity index (χ1) is 8.86. The van der Waals surface area contributed by atoms with E-state index in [4.69, 9.17) is 9.84 Å². The van der Waals surface area contributed by atoms with Gasteiger partial charge in [0.25, 0.3) is 5.91 Å². The average molecular weight is 263 g/mol. The van der Waals surface area contributed by atoms with Crippen LogP contribution < -0.4 is 9.64 Å². The van der Waals surface area contributed by atoms with Crippen molar-refractivity contribution in [3.8, 4) is 5.75 Å². The number of hydrogen-bond donors (Lipinski definition) is 1. The summed E-state index contributed by atoms with van der Waals surface area (Å²) in [7, 11) is 0. The zero-order chi connectivity index (χ0) is 14.2. The third kappa shape index (κ3) is 2.28. The van der Waals surface area contributed by atoms with Crippen LogP contribution in [0.2, 0.25) is 0 Å². The first-order valence-corrected chi connectivity index (χ1v) is 6.25. The second-order valence-electron chi connectivity index (χ2n) is 5.06. The van der Waals surface area contributed by atoms with Crippen LogP contribution in [-0.4, -0.2) is 29.1 Å². The number of carbonyl (C=O) groups excluding carboxylic acids is 1. The number of fused-ring (bicyclic) bond motifs is 1. The van der Waals surface area contributed by atoms with E-state index in [-0.39, 0.29) is 11.5 Å². The molecule has 0 aliphatic carbocycles. The summed E-state index contributed by atoms with van der Waals surface area (Å²) < 4.78 is 5.66. The van der Waals surface area contributed by atoms with Crippen molar-refractivity contribution in [2.45, 2.75) is 32.8 Å². The normalized spacial score (nSPS) is 16.8. The van der Waals surface area contributed by atoms with E-state index in [9.17, 15) is 9.59 Å². The second-order valence-corrected chi connectivity index (χ2v) is 5.06. The number of anilines is 1. The molecule has 1 amide bonds. The summed E-state index contributed by atoms with van der Waals surface area (Å²) in [5.41, 5.74) is -0.241. The molecule has 0 atom stereocenters. The SMILES string of the molecule is CCCN1C(=O)C(C)(C)Oc2ccc(C(=O)O)cc21. The molecule has 0 saturated carbocycles. The maximum atomic E-state index is 12.3. The van der Waals surface area contributed by atoms with Gasteiger partial charge in [0.05, 0.1) is 11.3 Å². The van der Waals surface area contributed by atoms with Crippen LogP contribution in [0.5, 0.6) is 5.75 Å². The van der Waals surface area contributed by atoms with E-state index in [2.05, 4.69) is 0 Å². The monoisotopic (exact) mass is 263 g/mol. The molecule has 5 nitrogen and oxygen atoms in total. The first-order valence-electron chi connectivity index (χ1n) is 6.25. The number of carboxylic acid groups (broad SMARTS) is 1. The fourth-order valence-electron chi connectivity index (χ4n) is 2.15. The number of carbonyl (C=O) groups is 2. The largest absolute Gasteiger partial charge is 0.478 e. The molecule has 19 heavy (non-hydrogen) atoms. The zero-order valence-electron chi connectivity index (χ0n) is 11.3. The summed E-state index contributed by atoms with van der Waals surface area (Å²) in [6.07, 6.45) is 0.790. The maximum absolute atomic E-state index is 12.3. The summed E-state index contributed by atoms with van der Waals surface area (Å²) in [6, 6.07) is 4.58. The van der Waals surface area contributed by atoms with E-state index >= 15 is 0 Å². The summed E-state index contributed by atoms with van der Waals surface area (Å²) >= 11 is 0. The van der Waals surface area contributed by atoms with Gasteiger partial charge in [0.2, 0.25) is 0 Å². The van der Waals surface area contributed by atoms with Crippen LogP contribution in [0.15, 0.2) is 18.2 Å². The molecule has 0 unspecified atom stereocenters. The van der Waals surface area contributed by atoms with Crippen molar-refractivity contribution < 1.29 is 19.4 Å². The molecule has 0 fully saturated rings. The lowest BCUT2D eigenvalue weighted by Gasteiger charge is -2.38. The molecule has 0 radical (unpaired) electrons. The molecule has 0 aromatic heterocycles. The van der Waals surface area contributed by atoms with Gasteiger partial charge in [-0.05, 0) is 38.5 Å². The molecule has 1 heterocycles. The third-order valence-corrected chi connectivity index (χ3v) is 3.07. The lowest BCUT2D eigenvalue weighted by molar-refractivity contribution is -0.132. The topological polar surface area (TPSA) is 66.8 Å². The van der Waals surface area contributed by atoms with Crippen molar-refractivity contribution in [2.75, 3.05) is 11.4 Å². The Bertz CT molecular complexity index is 536. The quantitative estimate of drug-likeness (QED) is 0.908. The highest BCUT2D eigenvalue weighted by Crippen LogP contribution is 2.38. The zero-order valence-corrected chi connectivity index (χ0v) is 11.3. The molecule has 1 aliphatic heterocycles. The molecule has 1 aliphatic rings. The van der Waals surface area contributed by atoms with Crippen LogP contribution in [0.4, 0.5) is 5.69 Å². The maximum Gasteiger partial charge on any atom is 0.335 e. The van der Waals surface area contributed by atoms with Crippen molar-refractivity contribution in [1.82, 2.24) is 0 Å². The molecule has 1 aromatic rings.